The first-order chi connectivity index (χ1) is 14.9. The van der Waals surface area contributed by atoms with Gasteiger partial charge in [-0.2, -0.15) is 10.4 Å². The second-order valence-electron chi connectivity index (χ2n) is 7.33. The average Bonchev–Trinajstić information content (AvgIpc) is 3.29. The Balaban J connectivity index is 1.49. The number of nitriles is 1. The molecule has 4 rings (SSSR count). The number of oxazole rings is 1. The van der Waals surface area contributed by atoms with Gasteiger partial charge in [0.2, 0.25) is 5.89 Å². The number of rotatable bonds is 5. The van der Waals surface area contributed by atoms with E-state index in [4.69, 9.17) is 9.68 Å². The standard InChI is InChI=1S/C24H21N5O2/c1-15-11-16(2)29(28-15)14-22-17(3)31-24(27-22)19-7-9-21(10-8-19)26-23(30)20-6-4-5-18(12-20)13-25/h4-12H,14H2,1-3H3,(H,26,30). The monoisotopic (exact) mass is 411 g/mol. The van der Waals surface area contributed by atoms with E-state index >= 15 is 0 Å². The van der Waals surface area contributed by atoms with Crippen molar-refractivity contribution in [3.63, 3.8) is 0 Å². The van der Waals surface area contributed by atoms with Crippen LogP contribution in [0, 0.1) is 32.1 Å². The molecule has 2 aromatic carbocycles. The predicted molar refractivity (Wildman–Crippen MR) is 117 cm³/mol. The molecule has 0 bridgehead atoms. The molecule has 0 fully saturated rings. The summed E-state index contributed by atoms with van der Waals surface area (Å²) >= 11 is 0. The fourth-order valence-electron chi connectivity index (χ4n) is 3.30. The maximum atomic E-state index is 12.4. The van der Waals surface area contributed by atoms with Crippen molar-refractivity contribution in [2.45, 2.75) is 27.3 Å². The summed E-state index contributed by atoms with van der Waals surface area (Å²) in [5.41, 5.74) is 5.20. The number of aryl methyl sites for hydroxylation is 3. The highest BCUT2D eigenvalue weighted by atomic mass is 16.4. The van der Waals surface area contributed by atoms with Gasteiger partial charge < -0.3 is 9.73 Å². The SMILES string of the molecule is Cc1cc(C)n(Cc2nc(-c3ccc(NC(=O)c4cccc(C#N)c4)cc3)oc2C)n1. The number of amides is 1. The van der Waals surface area contributed by atoms with Crippen molar-refractivity contribution < 1.29 is 9.21 Å². The Labute approximate surface area is 180 Å². The summed E-state index contributed by atoms with van der Waals surface area (Å²) < 4.78 is 7.77. The molecule has 0 aliphatic carbocycles. The maximum absolute atomic E-state index is 12.4. The van der Waals surface area contributed by atoms with Crippen molar-refractivity contribution in [1.29, 1.82) is 5.26 Å². The summed E-state index contributed by atoms with van der Waals surface area (Å²) in [6.07, 6.45) is 0. The summed E-state index contributed by atoms with van der Waals surface area (Å²) in [6.45, 7) is 6.41. The molecule has 0 aliphatic heterocycles. The Morgan fingerprint density at radius 1 is 1.13 bits per heavy atom. The third-order valence-electron chi connectivity index (χ3n) is 4.94. The lowest BCUT2D eigenvalue weighted by molar-refractivity contribution is 0.102. The Kier molecular flexibility index (Phi) is 5.37. The number of hydrogen-bond acceptors (Lipinski definition) is 5. The normalized spacial score (nSPS) is 10.6. The first-order valence-corrected chi connectivity index (χ1v) is 9.82. The summed E-state index contributed by atoms with van der Waals surface area (Å²) in [5.74, 6) is 0.995. The van der Waals surface area contributed by atoms with E-state index in [9.17, 15) is 4.79 Å². The zero-order valence-electron chi connectivity index (χ0n) is 17.5. The lowest BCUT2D eigenvalue weighted by Crippen LogP contribution is -2.11. The lowest BCUT2D eigenvalue weighted by atomic mass is 10.1. The molecule has 7 nitrogen and oxygen atoms in total. The van der Waals surface area contributed by atoms with Crippen LogP contribution in [0.2, 0.25) is 0 Å². The molecule has 1 amide bonds. The molecule has 0 saturated carbocycles. The van der Waals surface area contributed by atoms with Gasteiger partial charge in [0.1, 0.15) is 11.5 Å². The number of nitrogens with one attached hydrogen (secondary N) is 1. The maximum Gasteiger partial charge on any atom is 0.255 e. The van der Waals surface area contributed by atoms with Crippen LogP contribution >= 0.6 is 0 Å². The fraction of sp³-hybridized carbons (Fsp3) is 0.167. The number of carbonyl (C=O) groups excluding carboxylic acids is 1. The molecule has 0 radical (unpaired) electrons. The molecular formula is C24H21N5O2. The lowest BCUT2D eigenvalue weighted by Gasteiger charge is -2.06. The Morgan fingerprint density at radius 3 is 2.58 bits per heavy atom. The average molecular weight is 411 g/mol. The molecule has 2 aromatic heterocycles. The van der Waals surface area contributed by atoms with Gasteiger partial charge >= 0.3 is 0 Å². The molecule has 0 unspecified atom stereocenters. The third kappa shape index (κ3) is 4.38. The summed E-state index contributed by atoms with van der Waals surface area (Å²) in [6, 6.07) is 17.9. The van der Waals surface area contributed by atoms with Gasteiger partial charge in [0.05, 0.1) is 23.9 Å². The summed E-state index contributed by atoms with van der Waals surface area (Å²) in [7, 11) is 0. The van der Waals surface area contributed by atoms with E-state index in [1.165, 1.54) is 0 Å². The smallest absolute Gasteiger partial charge is 0.255 e. The Hall–Kier alpha value is -4.18. The molecule has 154 valence electrons. The van der Waals surface area contributed by atoms with Gasteiger partial charge in [-0.05, 0) is 69.3 Å². The molecule has 0 aliphatic rings. The molecule has 0 saturated heterocycles. The molecule has 0 spiro atoms. The zero-order chi connectivity index (χ0) is 22.0. The fourth-order valence-corrected chi connectivity index (χ4v) is 3.30. The highest BCUT2D eigenvalue weighted by Gasteiger charge is 2.14. The number of aromatic nitrogens is 3. The van der Waals surface area contributed by atoms with Crippen molar-refractivity contribution in [3.8, 4) is 17.5 Å². The molecule has 4 aromatic rings. The van der Waals surface area contributed by atoms with Crippen LogP contribution in [0.3, 0.4) is 0 Å². The van der Waals surface area contributed by atoms with E-state index in [1.54, 1.807) is 36.4 Å². The van der Waals surface area contributed by atoms with E-state index in [1.807, 2.05) is 49.7 Å². The van der Waals surface area contributed by atoms with Crippen LogP contribution in [0.15, 0.2) is 59.0 Å². The van der Waals surface area contributed by atoms with Crippen molar-refractivity contribution in [2.24, 2.45) is 0 Å². The number of benzene rings is 2. The number of hydrogen-bond donors (Lipinski definition) is 1. The van der Waals surface area contributed by atoms with Crippen LogP contribution in [-0.2, 0) is 6.54 Å². The highest BCUT2D eigenvalue weighted by Crippen LogP contribution is 2.24. The van der Waals surface area contributed by atoms with E-state index in [0.29, 0.717) is 29.2 Å². The number of anilines is 1. The quantitative estimate of drug-likeness (QED) is 0.516. The Bertz CT molecular complexity index is 1290. The van der Waals surface area contributed by atoms with Gasteiger partial charge in [0, 0.05) is 22.5 Å². The first-order valence-electron chi connectivity index (χ1n) is 9.82. The zero-order valence-corrected chi connectivity index (χ0v) is 17.5. The van der Waals surface area contributed by atoms with Crippen LogP contribution in [0.25, 0.3) is 11.5 Å². The molecule has 31 heavy (non-hydrogen) atoms. The third-order valence-corrected chi connectivity index (χ3v) is 4.94. The van der Waals surface area contributed by atoms with E-state index in [2.05, 4.69) is 15.4 Å². The van der Waals surface area contributed by atoms with Gasteiger partial charge in [0.25, 0.3) is 5.91 Å². The Morgan fingerprint density at radius 2 is 1.90 bits per heavy atom. The minimum absolute atomic E-state index is 0.274. The van der Waals surface area contributed by atoms with Crippen LogP contribution in [0.1, 0.15) is 38.8 Å². The van der Waals surface area contributed by atoms with Crippen molar-refractivity contribution in [2.75, 3.05) is 5.32 Å². The van der Waals surface area contributed by atoms with Crippen molar-refractivity contribution in [1.82, 2.24) is 14.8 Å². The minimum Gasteiger partial charge on any atom is -0.441 e. The predicted octanol–water partition coefficient (Wildman–Crippen LogP) is 4.64. The number of nitrogens with zero attached hydrogens (tertiary/aromatic N) is 4. The van der Waals surface area contributed by atoms with Crippen molar-refractivity contribution >= 4 is 11.6 Å². The van der Waals surface area contributed by atoms with E-state index in [-0.39, 0.29) is 5.91 Å². The topological polar surface area (TPSA) is 96.7 Å². The second kappa shape index (κ2) is 8.28. The van der Waals surface area contributed by atoms with Crippen LogP contribution < -0.4 is 5.32 Å². The van der Waals surface area contributed by atoms with Crippen LogP contribution in [0.5, 0.6) is 0 Å². The molecule has 1 N–H and O–H groups in total. The van der Waals surface area contributed by atoms with E-state index in [0.717, 1.165) is 28.4 Å². The van der Waals surface area contributed by atoms with Gasteiger partial charge in [-0.15, -0.1) is 0 Å². The largest absolute Gasteiger partial charge is 0.441 e. The molecular weight excluding hydrogens is 390 g/mol. The summed E-state index contributed by atoms with van der Waals surface area (Å²) in [4.78, 5) is 17.1. The van der Waals surface area contributed by atoms with Gasteiger partial charge in [-0.25, -0.2) is 4.98 Å². The summed E-state index contributed by atoms with van der Waals surface area (Å²) in [5, 5.41) is 16.3. The minimum atomic E-state index is -0.274. The van der Waals surface area contributed by atoms with E-state index < -0.39 is 0 Å². The molecule has 0 atom stereocenters. The first kappa shape index (κ1) is 20.1. The number of carbonyl (C=O) groups is 1. The van der Waals surface area contributed by atoms with Gasteiger partial charge in [0.15, 0.2) is 0 Å². The van der Waals surface area contributed by atoms with Gasteiger partial charge in [-0.3, -0.25) is 9.48 Å². The second-order valence-corrected chi connectivity index (χ2v) is 7.33. The highest BCUT2D eigenvalue weighted by molar-refractivity contribution is 6.04. The van der Waals surface area contributed by atoms with Crippen LogP contribution in [0.4, 0.5) is 5.69 Å². The molecule has 2 heterocycles. The van der Waals surface area contributed by atoms with Crippen molar-refractivity contribution in [3.05, 3.63) is 88.6 Å². The molecule has 7 heteroatoms. The van der Waals surface area contributed by atoms with Crippen LogP contribution in [-0.4, -0.2) is 20.7 Å². The van der Waals surface area contributed by atoms with Gasteiger partial charge in [-0.1, -0.05) is 6.07 Å².